The van der Waals surface area contributed by atoms with Crippen LogP contribution >= 0.6 is 11.6 Å². The van der Waals surface area contributed by atoms with Crippen molar-refractivity contribution in [3.8, 4) is 0 Å². The topological polar surface area (TPSA) is 37.8 Å². The van der Waals surface area contributed by atoms with Crippen molar-refractivity contribution in [3.63, 3.8) is 0 Å². The molecule has 4 heteroatoms. The van der Waals surface area contributed by atoms with Crippen LogP contribution in [0.5, 0.6) is 0 Å². The van der Waals surface area contributed by atoms with Crippen LogP contribution in [0.25, 0.3) is 10.9 Å². The van der Waals surface area contributed by atoms with E-state index in [9.17, 15) is 0 Å². The highest BCUT2D eigenvalue weighted by molar-refractivity contribution is 6.31. The fourth-order valence-electron chi connectivity index (χ4n) is 2.42. The van der Waals surface area contributed by atoms with Crippen LogP contribution in [0.2, 0.25) is 5.02 Å². The van der Waals surface area contributed by atoms with Gasteiger partial charge in [0.2, 0.25) is 0 Å². The maximum atomic E-state index is 6.20. The van der Waals surface area contributed by atoms with Gasteiger partial charge < -0.3 is 5.32 Å². The molecule has 1 atom stereocenters. The van der Waals surface area contributed by atoms with Gasteiger partial charge in [0.1, 0.15) is 0 Å². The third-order valence-electron chi connectivity index (χ3n) is 3.61. The molecule has 21 heavy (non-hydrogen) atoms. The summed E-state index contributed by atoms with van der Waals surface area (Å²) < 4.78 is 0. The number of nitrogens with one attached hydrogen (secondary N) is 1. The van der Waals surface area contributed by atoms with Gasteiger partial charge in [0.05, 0.1) is 22.3 Å². The number of pyridine rings is 2. The van der Waals surface area contributed by atoms with Crippen molar-refractivity contribution in [2.75, 3.05) is 7.05 Å². The predicted octanol–water partition coefficient (Wildman–Crippen LogP) is 3.79. The van der Waals surface area contributed by atoms with E-state index in [1.807, 2.05) is 31.3 Å². The molecule has 0 radical (unpaired) electrons. The van der Waals surface area contributed by atoms with Crippen LogP contribution in [0.3, 0.4) is 0 Å². The smallest absolute Gasteiger partial charge is 0.0706 e. The lowest BCUT2D eigenvalue weighted by atomic mass is 10.0. The van der Waals surface area contributed by atoms with Crippen LogP contribution in [0.4, 0.5) is 0 Å². The van der Waals surface area contributed by atoms with E-state index in [1.165, 1.54) is 0 Å². The first-order valence-corrected chi connectivity index (χ1v) is 7.27. The lowest BCUT2D eigenvalue weighted by molar-refractivity contribution is 0.578. The van der Waals surface area contributed by atoms with Gasteiger partial charge in [0.25, 0.3) is 0 Å². The normalized spacial score (nSPS) is 12.5. The minimum Gasteiger partial charge on any atom is -0.311 e. The van der Waals surface area contributed by atoms with Gasteiger partial charge in [-0.1, -0.05) is 35.9 Å². The summed E-state index contributed by atoms with van der Waals surface area (Å²) in [4.78, 5) is 8.77. The van der Waals surface area contributed by atoms with E-state index < -0.39 is 0 Å². The molecule has 0 spiro atoms. The first kappa shape index (κ1) is 14.0. The second-order valence-corrected chi connectivity index (χ2v) is 5.35. The fourth-order valence-corrected chi connectivity index (χ4v) is 2.62. The molecule has 0 aliphatic heterocycles. The Morgan fingerprint density at radius 1 is 1.14 bits per heavy atom. The van der Waals surface area contributed by atoms with Crippen LogP contribution < -0.4 is 5.32 Å². The summed E-state index contributed by atoms with van der Waals surface area (Å²) in [6, 6.07) is 14.4. The lowest BCUT2D eigenvalue weighted by Gasteiger charge is -2.17. The van der Waals surface area contributed by atoms with Crippen LogP contribution in [-0.4, -0.2) is 17.0 Å². The first-order valence-electron chi connectivity index (χ1n) is 6.89. The van der Waals surface area contributed by atoms with Crippen molar-refractivity contribution < 1.29 is 0 Å². The third-order valence-corrected chi connectivity index (χ3v) is 3.95. The molecule has 0 saturated carbocycles. The number of nitrogens with zero attached hydrogens (tertiary/aromatic N) is 2. The maximum absolute atomic E-state index is 6.20. The molecular formula is C17H16ClN3. The van der Waals surface area contributed by atoms with Gasteiger partial charge in [-0.3, -0.25) is 9.97 Å². The van der Waals surface area contributed by atoms with Crippen molar-refractivity contribution >= 4 is 22.5 Å². The van der Waals surface area contributed by atoms with Crippen LogP contribution in [0.15, 0.2) is 54.9 Å². The Balaban J connectivity index is 1.93. The molecule has 0 bridgehead atoms. The monoisotopic (exact) mass is 297 g/mol. The van der Waals surface area contributed by atoms with Gasteiger partial charge in [0.15, 0.2) is 0 Å². The van der Waals surface area contributed by atoms with E-state index in [-0.39, 0.29) is 6.04 Å². The Morgan fingerprint density at radius 3 is 2.81 bits per heavy atom. The first-order chi connectivity index (χ1) is 10.3. The molecule has 1 N–H and O–H groups in total. The highest BCUT2D eigenvalue weighted by Gasteiger charge is 2.14. The number of fused-ring (bicyclic) bond motifs is 1. The molecule has 0 saturated heterocycles. The Bertz CT molecular complexity index is 758. The molecule has 1 aromatic carbocycles. The summed E-state index contributed by atoms with van der Waals surface area (Å²) in [6.45, 7) is 0. The second kappa shape index (κ2) is 6.20. The van der Waals surface area contributed by atoms with E-state index in [1.54, 1.807) is 12.4 Å². The molecule has 3 rings (SSSR count). The summed E-state index contributed by atoms with van der Waals surface area (Å²) in [5, 5.41) is 5.16. The molecule has 3 aromatic rings. The summed E-state index contributed by atoms with van der Waals surface area (Å²) in [5.41, 5.74) is 3.10. The van der Waals surface area contributed by atoms with E-state index in [0.29, 0.717) is 5.02 Å². The molecule has 2 aromatic heterocycles. The van der Waals surface area contributed by atoms with Crippen molar-refractivity contribution in [2.45, 2.75) is 12.5 Å². The number of hydrogen-bond donors (Lipinski definition) is 1. The van der Waals surface area contributed by atoms with E-state index >= 15 is 0 Å². The van der Waals surface area contributed by atoms with Crippen LogP contribution in [-0.2, 0) is 6.42 Å². The van der Waals surface area contributed by atoms with Crippen LogP contribution in [0.1, 0.15) is 17.3 Å². The lowest BCUT2D eigenvalue weighted by Crippen LogP contribution is -2.20. The Labute approximate surface area is 129 Å². The van der Waals surface area contributed by atoms with Gasteiger partial charge in [-0.15, -0.1) is 0 Å². The Kier molecular flexibility index (Phi) is 4.13. The zero-order valence-corrected chi connectivity index (χ0v) is 12.5. The zero-order valence-electron chi connectivity index (χ0n) is 11.8. The standard InChI is InChI=1S/C17H16ClN3/c1-19-17(10-13-8-9-20-11-14(13)18)16-7-6-12-4-2-3-5-15(12)21-16/h2-9,11,17,19H,10H2,1H3. The highest BCUT2D eigenvalue weighted by Crippen LogP contribution is 2.23. The van der Waals surface area contributed by atoms with Gasteiger partial charge in [-0.2, -0.15) is 0 Å². The van der Waals surface area contributed by atoms with E-state index in [4.69, 9.17) is 16.6 Å². The number of aromatic nitrogens is 2. The molecule has 1 unspecified atom stereocenters. The summed E-state index contributed by atoms with van der Waals surface area (Å²) in [6.07, 6.45) is 4.22. The summed E-state index contributed by atoms with van der Waals surface area (Å²) in [7, 11) is 1.94. The van der Waals surface area contributed by atoms with Crippen molar-refractivity contribution in [1.29, 1.82) is 0 Å². The number of benzene rings is 1. The molecule has 2 heterocycles. The predicted molar refractivity (Wildman–Crippen MR) is 86.5 cm³/mol. The Morgan fingerprint density at radius 2 is 2.00 bits per heavy atom. The quantitative estimate of drug-likeness (QED) is 0.796. The Hall–Kier alpha value is -1.97. The third kappa shape index (κ3) is 3.04. The fraction of sp³-hybridized carbons (Fsp3) is 0.176. The zero-order chi connectivity index (χ0) is 14.7. The largest absolute Gasteiger partial charge is 0.311 e. The maximum Gasteiger partial charge on any atom is 0.0706 e. The molecule has 0 amide bonds. The van der Waals surface area contributed by atoms with Gasteiger partial charge in [-0.05, 0) is 37.2 Å². The second-order valence-electron chi connectivity index (χ2n) is 4.94. The summed E-state index contributed by atoms with van der Waals surface area (Å²) in [5.74, 6) is 0. The average Bonchev–Trinajstić information content (AvgIpc) is 2.54. The van der Waals surface area contributed by atoms with Crippen molar-refractivity contribution in [1.82, 2.24) is 15.3 Å². The van der Waals surface area contributed by atoms with Gasteiger partial charge in [-0.25, -0.2) is 0 Å². The molecule has 3 nitrogen and oxygen atoms in total. The van der Waals surface area contributed by atoms with Gasteiger partial charge >= 0.3 is 0 Å². The molecule has 0 fully saturated rings. The van der Waals surface area contributed by atoms with Crippen molar-refractivity contribution in [2.24, 2.45) is 0 Å². The molecular weight excluding hydrogens is 282 g/mol. The number of rotatable bonds is 4. The molecule has 0 aliphatic rings. The summed E-state index contributed by atoms with van der Waals surface area (Å²) >= 11 is 6.20. The van der Waals surface area contributed by atoms with Gasteiger partial charge in [0, 0.05) is 17.8 Å². The number of halogens is 1. The molecule has 0 aliphatic carbocycles. The minimum atomic E-state index is 0.120. The minimum absolute atomic E-state index is 0.120. The SMILES string of the molecule is CNC(Cc1ccncc1Cl)c1ccc2ccccc2n1. The van der Waals surface area contributed by atoms with Crippen LogP contribution in [0, 0.1) is 0 Å². The molecule has 106 valence electrons. The highest BCUT2D eigenvalue weighted by atomic mass is 35.5. The van der Waals surface area contributed by atoms with E-state index in [0.717, 1.165) is 28.6 Å². The average molecular weight is 298 g/mol. The number of likely N-dealkylation sites (N-methyl/N-ethyl adjacent to an activating group) is 1. The van der Waals surface area contributed by atoms with Crippen molar-refractivity contribution in [3.05, 3.63) is 71.1 Å². The van der Waals surface area contributed by atoms with E-state index in [2.05, 4.69) is 28.5 Å². The number of hydrogen-bond acceptors (Lipinski definition) is 3. The number of para-hydroxylation sites is 1.